The molecule has 1 rings (SSSR count). The maximum Gasteiger partial charge on any atom is 0.389 e. The molecule has 0 amide bonds. The Labute approximate surface area is 69.6 Å². The Balaban J connectivity index is 2.23. The van der Waals surface area contributed by atoms with Crippen LogP contribution in [-0.4, -0.2) is 17.4 Å². The maximum absolute atomic E-state index is 11.7. The number of hydrogen-bond donors (Lipinski definition) is 1. The lowest BCUT2D eigenvalue weighted by atomic mass is 9.98. The molecule has 0 radical (unpaired) electrons. The van der Waals surface area contributed by atoms with Crippen molar-refractivity contribution < 1.29 is 18.3 Å². The van der Waals surface area contributed by atoms with E-state index < -0.39 is 18.7 Å². The van der Waals surface area contributed by atoms with Gasteiger partial charge in [0.2, 0.25) is 0 Å². The number of alkyl halides is 3. The Kier molecular flexibility index (Phi) is 2.38. The molecule has 1 fully saturated rings. The van der Waals surface area contributed by atoms with Gasteiger partial charge in [0.15, 0.2) is 0 Å². The number of aliphatic hydroxyl groups excluding tert-OH is 1. The van der Waals surface area contributed by atoms with Crippen LogP contribution in [0.25, 0.3) is 0 Å². The third kappa shape index (κ3) is 2.66. The average Bonchev–Trinajstić information content (AvgIpc) is 2.62. The lowest BCUT2D eigenvalue weighted by Gasteiger charge is -2.17. The van der Waals surface area contributed by atoms with E-state index in [0.29, 0.717) is 0 Å². The normalized spacial score (nSPS) is 23.8. The van der Waals surface area contributed by atoms with Gasteiger partial charge in [0.1, 0.15) is 0 Å². The molecule has 1 atom stereocenters. The van der Waals surface area contributed by atoms with Gasteiger partial charge in [-0.2, -0.15) is 13.2 Å². The lowest BCUT2D eigenvalue weighted by Crippen LogP contribution is -2.21. The number of rotatable bonds is 3. The minimum absolute atomic E-state index is 0.153. The molecular formula is C8H13F3O. The highest BCUT2D eigenvalue weighted by Crippen LogP contribution is 2.49. The van der Waals surface area contributed by atoms with Crippen molar-refractivity contribution in [3.63, 3.8) is 0 Å². The van der Waals surface area contributed by atoms with Crippen molar-refractivity contribution in [1.29, 1.82) is 0 Å². The van der Waals surface area contributed by atoms with Crippen molar-refractivity contribution in [2.75, 3.05) is 0 Å². The van der Waals surface area contributed by atoms with E-state index >= 15 is 0 Å². The molecule has 0 aromatic carbocycles. The summed E-state index contributed by atoms with van der Waals surface area (Å²) in [7, 11) is 0. The molecule has 1 N–H and O–H groups in total. The SMILES string of the molecule is CC1(C(O)CCC(F)(F)F)CC1. The monoisotopic (exact) mass is 182 g/mol. The number of aliphatic hydroxyl groups is 1. The topological polar surface area (TPSA) is 20.2 Å². The summed E-state index contributed by atoms with van der Waals surface area (Å²) in [5, 5.41) is 9.31. The van der Waals surface area contributed by atoms with Crippen LogP contribution in [-0.2, 0) is 0 Å². The molecule has 0 spiro atoms. The quantitative estimate of drug-likeness (QED) is 0.710. The van der Waals surface area contributed by atoms with Crippen LogP contribution in [0, 0.1) is 5.41 Å². The second kappa shape index (κ2) is 2.91. The van der Waals surface area contributed by atoms with Gasteiger partial charge in [-0.3, -0.25) is 0 Å². The Morgan fingerprint density at radius 3 is 2.25 bits per heavy atom. The predicted octanol–water partition coefficient (Wildman–Crippen LogP) is 2.49. The Hall–Kier alpha value is -0.250. The van der Waals surface area contributed by atoms with Gasteiger partial charge in [-0.05, 0) is 24.7 Å². The average molecular weight is 182 g/mol. The first-order chi connectivity index (χ1) is 5.33. The maximum atomic E-state index is 11.7. The first kappa shape index (κ1) is 9.84. The highest BCUT2D eigenvalue weighted by molar-refractivity contribution is 4.94. The highest BCUT2D eigenvalue weighted by Gasteiger charge is 2.45. The minimum atomic E-state index is -4.13. The summed E-state index contributed by atoms with van der Waals surface area (Å²) in [6, 6.07) is 0. The highest BCUT2D eigenvalue weighted by atomic mass is 19.4. The lowest BCUT2D eigenvalue weighted by molar-refractivity contribution is -0.141. The van der Waals surface area contributed by atoms with Crippen LogP contribution in [0.4, 0.5) is 13.2 Å². The molecular weight excluding hydrogens is 169 g/mol. The third-order valence-corrected chi connectivity index (χ3v) is 2.54. The van der Waals surface area contributed by atoms with Gasteiger partial charge in [0.25, 0.3) is 0 Å². The van der Waals surface area contributed by atoms with Crippen molar-refractivity contribution in [1.82, 2.24) is 0 Å². The molecule has 0 bridgehead atoms. The molecule has 1 unspecified atom stereocenters. The Morgan fingerprint density at radius 2 is 1.92 bits per heavy atom. The molecule has 12 heavy (non-hydrogen) atoms. The van der Waals surface area contributed by atoms with Crippen molar-refractivity contribution >= 4 is 0 Å². The molecule has 0 heterocycles. The Bertz CT molecular complexity index is 160. The van der Waals surface area contributed by atoms with Crippen LogP contribution in [0.2, 0.25) is 0 Å². The van der Waals surface area contributed by atoms with Crippen LogP contribution in [0.3, 0.4) is 0 Å². The largest absolute Gasteiger partial charge is 0.393 e. The summed E-state index contributed by atoms with van der Waals surface area (Å²) in [6.07, 6.45) is -4.23. The molecule has 4 heteroatoms. The van der Waals surface area contributed by atoms with Gasteiger partial charge in [-0.25, -0.2) is 0 Å². The van der Waals surface area contributed by atoms with E-state index in [2.05, 4.69) is 0 Å². The van der Waals surface area contributed by atoms with Gasteiger partial charge < -0.3 is 5.11 Å². The molecule has 1 aliphatic carbocycles. The van der Waals surface area contributed by atoms with E-state index in [1.807, 2.05) is 6.92 Å². The zero-order valence-corrected chi connectivity index (χ0v) is 6.99. The smallest absolute Gasteiger partial charge is 0.389 e. The first-order valence-electron chi connectivity index (χ1n) is 4.08. The summed E-state index contributed by atoms with van der Waals surface area (Å²) in [6.45, 7) is 1.83. The van der Waals surface area contributed by atoms with E-state index in [0.717, 1.165) is 12.8 Å². The summed E-state index contributed by atoms with van der Waals surface area (Å²) in [5.41, 5.74) is -0.217. The van der Waals surface area contributed by atoms with Gasteiger partial charge >= 0.3 is 6.18 Å². The zero-order chi connectivity index (χ0) is 9.41. The van der Waals surface area contributed by atoms with E-state index in [4.69, 9.17) is 0 Å². The van der Waals surface area contributed by atoms with Crippen molar-refractivity contribution in [2.45, 2.75) is 44.9 Å². The standard InChI is InChI=1S/C8H13F3O/c1-7(4-5-7)6(12)2-3-8(9,10)11/h6,12H,2-5H2,1H3. The van der Waals surface area contributed by atoms with Gasteiger partial charge in [0, 0.05) is 6.42 Å². The fourth-order valence-corrected chi connectivity index (χ4v) is 1.18. The molecule has 1 saturated carbocycles. The fourth-order valence-electron chi connectivity index (χ4n) is 1.18. The molecule has 0 aromatic heterocycles. The minimum Gasteiger partial charge on any atom is -0.393 e. The van der Waals surface area contributed by atoms with Crippen LogP contribution in [0.1, 0.15) is 32.6 Å². The molecule has 0 aromatic rings. The summed E-state index contributed by atoms with van der Waals surface area (Å²) >= 11 is 0. The second-order valence-electron chi connectivity index (χ2n) is 3.82. The molecule has 1 aliphatic rings. The Morgan fingerprint density at radius 1 is 1.42 bits per heavy atom. The van der Waals surface area contributed by atoms with Crippen LogP contribution in [0.5, 0.6) is 0 Å². The van der Waals surface area contributed by atoms with Crippen LogP contribution in [0.15, 0.2) is 0 Å². The molecule has 72 valence electrons. The number of halogens is 3. The van der Waals surface area contributed by atoms with E-state index in [9.17, 15) is 18.3 Å². The van der Waals surface area contributed by atoms with E-state index in [1.54, 1.807) is 0 Å². The van der Waals surface area contributed by atoms with Crippen molar-refractivity contribution in [3.8, 4) is 0 Å². The van der Waals surface area contributed by atoms with E-state index in [1.165, 1.54) is 0 Å². The third-order valence-electron chi connectivity index (χ3n) is 2.54. The van der Waals surface area contributed by atoms with Gasteiger partial charge in [0.05, 0.1) is 6.10 Å². The van der Waals surface area contributed by atoms with Crippen molar-refractivity contribution in [3.05, 3.63) is 0 Å². The molecule has 0 saturated heterocycles. The summed E-state index contributed by atoms with van der Waals surface area (Å²) in [4.78, 5) is 0. The van der Waals surface area contributed by atoms with Crippen LogP contribution < -0.4 is 0 Å². The predicted molar refractivity (Wildman–Crippen MR) is 38.6 cm³/mol. The molecule has 0 aliphatic heterocycles. The first-order valence-corrected chi connectivity index (χ1v) is 4.08. The zero-order valence-electron chi connectivity index (χ0n) is 6.99. The van der Waals surface area contributed by atoms with Gasteiger partial charge in [-0.1, -0.05) is 6.92 Å². The fraction of sp³-hybridized carbons (Fsp3) is 1.00. The van der Waals surface area contributed by atoms with Crippen LogP contribution >= 0.6 is 0 Å². The molecule has 1 nitrogen and oxygen atoms in total. The summed E-state index contributed by atoms with van der Waals surface area (Å²) in [5.74, 6) is 0. The second-order valence-corrected chi connectivity index (χ2v) is 3.82. The van der Waals surface area contributed by atoms with Crippen molar-refractivity contribution in [2.24, 2.45) is 5.41 Å². The van der Waals surface area contributed by atoms with E-state index in [-0.39, 0.29) is 11.8 Å². The number of hydrogen-bond acceptors (Lipinski definition) is 1. The summed E-state index contributed by atoms with van der Waals surface area (Å²) < 4.78 is 35.1. The van der Waals surface area contributed by atoms with Gasteiger partial charge in [-0.15, -0.1) is 0 Å².